The summed E-state index contributed by atoms with van der Waals surface area (Å²) in [6.45, 7) is 1.88. The van der Waals surface area contributed by atoms with Crippen LogP contribution in [-0.2, 0) is 0 Å². The Labute approximate surface area is 89.2 Å². The lowest BCUT2D eigenvalue weighted by molar-refractivity contribution is 0.471. The minimum Gasteiger partial charge on any atom is -0.508 e. The van der Waals surface area contributed by atoms with Crippen molar-refractivity contribution >= 4 is 11.4 Å². The van der Waals surface area contributed by atoms with E-state index in [1.165, 1.54) is 0 Å². The van der Waals surface area contributed by atoms with Gasteiger partial charge in [0.15, 0.2) is 0 Å². The van der Waals surface area contributed by atoms with Crippen LogP contribution in [0.15, 0.2) is 48.5 Å². The number of nitrogens with one attached hydrogen (secondary N) is 1. The fraction of sp³-hybridized carbons (Fsp3) is 0.0769. The van der Waals surface area contributed by atoms with E-state index in [1.807, 2.05) is 49.4 Å². The highest BCUT2D eigenvalue weighted by Gasteiger charge is 1.98. The molecule has 0 radical (unpaired) electrons. The minimum atomic E-state index is 0.316. The summed E-state index contributed by atoms with van der Waals surface area (Å²) >= 11 is 0. The van der Waals surface area contributed by atoms with Crippen molar-refractivity contribution in [2.45, 2.75) is 6.92 Å². The van der Waals surface area contributed by atoms with Gasteiger partial charge in [0.25, 0.3) is 0 Å². The highest BCUT2D eigenvalue weighted by Crippen LogP contribution is 2.23. The van der Waals surface area contributed by atoms with E-state index in [9.17, 15) is 5.11 Å². The first kappa shape index (κ1) is 9.59. The van der Waals surface area contributed by atoms with E-state index in [0.717, 1.165) is 16.9 Å². The van der Waals surface area contributed by atoms with Gasteiger partial charge in [0, 0.05) is 17.4 Å². The molecule has 0 saturated carbocycles. The molecule has 2 heteroatoms. The fourth-order valence-corrected chi connectivity index (χ4v) is 1.38. The summed E-state index contributed by atoms with van der Waals surface area (Å²) in [5.41, 5.74) is 2.79. The minimum absolute atomic E-state index is 0.316. The lowest BCUT2D eigenvalue weighted by atomic mass is 10.2. The summed E-state index contributed by atoms with van der Waals surface area (Å²) in [5, 5.41) is 12.8. The number of phenols is 1. The molecule has 0 aromatic heterocycles. The molecule has 0 spiro atoms. The maximum absolute atomic E-state index is 9.54. The van der Waals surface area contributed by atoms with E-state index in [2.05, 4.69) is 5.32 Å². The van der Waals surface area contributed by atoms with Gasteiger partial charge >= 0.3 is 0 Å². The Bertz CT molecular complexity index is 451. The predicted molar refractivity (Wildman–Crippen MR) is 62.6 cm³/mol. The molecule has 76 valence electrons. The van der Waals surface area contributed by atoms with Crippen LogP contribution in [0.2, 0.25) is 0 Å². The second kappa shape index (κ2) is 4.05. The Hall–Kier alpha value is -1.96. The predicted octanol–water partition coefficient (Wildman–Crippen LogP) is 3.44. The molecule has 0 heterocycles. The lowest BCUT2D eigenvalue weighted by Crippen LogP contribution is -1.89. The van der Waals surface area contributed by atoms with Gasteiger partial charge in [-0.15, -0.1) is 0 Å². The molecule has 0 amide bonds. The topological polar surface area (TPSA) is 32.3 Å². The molecule has 0 aliphatic rings. The van der Waals surface area contributed by atoms with Gasteiger partial charge in [-0.3, -0.25) is 0 Å². The molecule has 2 N–H and O–H groups in total. The Morgan fingerprint density at radius 1 is 0.933 bits per heavy atom. The van der Waals surface area contributed by atoms with Gasteiger partial charge in [0.1, 0.15) is 5.75 Å². The number of benzene rings is 2. The molecule has 15 heavy (non-hydrogen) atoms. The third kappa shape index (κ3) is 2.29. The maximum atomic E-state index is 9.54. The fourth-order valence-electron chi connectivity index (χ4n) is 1.38. The molecule has 0 aliphatic carbocycles. The number of phenolic OH excluding ortho intramolecular Hbond substituents is 1. The first-order valence-electron chi connectivity index (χ1n) is 4.87. The largest absolute Gasteiger partial charge is 0.508 e. The Morgan fingerprint density at radius 3 is 2.33 bits per heavy atom. The van der Waals surface area contributed by atoms with E-state index >= 15 is 0 Å². The molecule has 0 unspecified atom stereocenters. The van der Waals surface area contributed by atoms with Crippen molar-refractivity contribution in [3.05, 3.63) is 54.1 Å². The molecule has 2 rings (SSSR count). The molecule has 0 aliphatic heterocycles. The smallest absolute Gasteiger partial charge is 0.120 e. The summed E-state index contributed by atoms with van der Waals surface area (Å²) in [6.07, 6.45) is 0. The van der Waals surface area contributed by atoms with Crippen LogP contribution in [0.4, 0.5) is 11.4 Å². The van der Waals surface area contributed by atoms with Gasteiger partial charge in [-0.1, -0.05) is 24.3 Å². The summed E-state index contributed by atoms with van der Waals surface area (Å²) in [6, 6.07) is 15.4. The molecule has 2 aromatic carbocycles. The molecule has 2 aromatic rings. The van der Waals surface area contributed by atoms with E-state index in [0.29, 0.717) is 5.75 Å². The van der Waals surface area contributed by atoms with Crippen molar-refractivity contribution in [3.8, 4) is 5.75 Å². The zero-order chi connectivity index (χ0) is 10.7. The zero-order valence-electron chi connectivity index (χ0n) is 8.57. The number of hydrogen-bond donors (Lipinski definition) is 2. The average Bonchev–Trinajstić information content (AvgIpc) is 2.25. The van der Waals surface area contributed by atoms with Crippen LogP contribution >= 0.6 is 0 Å². The van der Waals surface area contributed by atoms with E-state index in [4.69, 9.17) is 0 Å². The van der Waals surface area contributed by atoms with Crippen LogP contribution in [0, 0.1) is 6.92 Å². The second-order valence-corrected chi connectivity index (χ2v) is 3.49. The Kier molecular flexibility index (Phi) is 2.59. The van der Waals surface area contributed by atoms with Crippen LogP contribution in [0.3, 0.4) is 0 Å². The molecule has 0 atom stereocenters. The molecule has 2 nitrogen and oxygen atoms in total. The third-order valence-corrected chi connectivity index (χ3v) is 2.27. The normalized spacial score (nSPS) is 9.93. The number of para-hydroxylation sites is 1. The SMILES string of the molecule is Cc1ccc(Nc2ccccc2)cc1O. The van der Waals surface area contributed by atoms with Crippen LogP contribution < -0.4 is 5.32 Å². The van der Waals surface area contributed by atoms with Gasteiger partial charge in [-0.05, 0) is 30.7 Å². The summed E-state index contributed by atoms with van der Waals surface area (Å²) in [7, 11) is 0. The van der Waals surface area contributed by atoms with Crippen molar-refractivity contribution in [3.63, 3.8) is 0 Å². The van der Waals surface area contributed by atoms with Crippen LogP contribution in [-0.4, -0.2) is 5.11 Å². The van der Waals surface area contributed by atoms with Crippen LogP contribution in [0.5, 0.6) is 5.75 Å². The van der Waals surface area contributed by atoms with E-state index < -0.39 is 0 Å². The first-order chi connectivity index (χ1) is 7.25. The Morgan fingerprint density at radius 2 is 1.67 bits per heavy atom. The third-order valence-electron chi connectivity index (χ3n) is 2.27. The highest BCUT2D eigenvalue weighted by atomic mass is 16.3. The molecule has 0 fully saturated rings. The molecule has 0 bridgehead atoms. The van der Waals surface area contributed by atoms with Crippen molar-refractivity contribution in [2.75, 3.05) is 5.32 Å². The Balaban J connectivity index is 2.22. The maximum Gasteiger partial charge on any atom is 0.120 e. The zero-order valence-corrected chi connectivity index (χ0v) is 8.57. The molecule has 0 saturated heterocycles. The second-order valence-electron chi connectivity index (χ2n) is 3.49. The number of aryl methyl sites for hydroxylation is 1. The van der Waals surface area contributed by atoms with Crippen molar-refractivity contribution in [1.82, 2.24) is 0 Å². The van der Waals surface area contributed by atoms with E-state index in [-0.39, 0.29) is 0 Å². The van der Waals surface area contributed by atoms with Crippen LogP contribution in [0.25, 0.3) is 0 Å². The number of aromatic hydroxyl groups is 1. The van der Waals surface area contributed by atoms with Gasteiger partial charge < -0.3 is 10.4 Å². The number of rotatable bonds is 2. The summed E-state index contributed by atoms with van der Waals surface area (Å²) in [4.78, 5) is 0. The molecular formula is C13H13NO. The molecular weight excluding hydrogens is 186 g/mol. The quantitative estimate of drug-likeness (QED) is 0.776. The monoisotopic (exact) mass is 199 g/mol. The van der Waals surface area contributed by atoms with Gasteiger partial charge in [-0.2, -0.15) is 0 Å². The van der Waals surface area contributed by atoms with Crippen LogP contribution in [0.1, 0.15) is 5.56 Å². The number of anilines is 2. The van der Waals surface area contributed by atoms with Gasteiger partial charge in [0.2, 0.25) is 0 Å². The standard InChI is InChI=1S/C13H13NO/c1-10-7-8-12(9-13(10)15)14-11-5-3-2-4-6-11/h2-9,14-15H,1H3. The van der Waals surface area contributed by atoms with Gasteiger partial charge in [-0.25, -0.2) is 0 Å². The van der Waals surface area contributed by atoms with Gasteiger partial charge in [0.05, 0.1) is 0 Å². The summed E-state index contributed by atoms with van der Waals surface area (Å²) in [5.74, 6) is 0.316. The van der Waals surface area contributed by atoms with Crippen molar-refractivity contribution in [2.24, 2.45) is 0 Å². The van der Waals surface area contributed by atoms with Crippen molar-refractivity contribution in [1.29, 1.82) is 0 Å². The summed E-state index contributed by atoms with van der Waals surface area (Å²) < 4.78 is 0. The number of hydrogen-bond acceptors (Lipinski definition) is 2. The average molecular weight is 199 g/mol. The highest BCUT2D eigenvalue weighted by molar-refractivity contribution is 5.61. The van der Waals surface area contributed by atoms with Crippen molar-refractivity contribution < 1.29 is 5.11 Å². The lowest BCUT2D eigenvalue weighted by Gasteiger charge is -2.07. The van der Waals surface area contributed by atoms with E-state index in [1.54, 1.807) is 6.07 Å². The first-order valence-corrected chi connectivity index (χ1v) is 4.87.